The second kappa shape index (κ2) is 53.2. The first-order valence-corrected chi connectivity index (χ1v) is 27.1. The third-order valence-electron chi connectivity index (χ3n) is 11.4. The lowest BCUT2D eigenvalue weighted by atomic mass is 10.0. The molecule has 372 valence electrons. The number of allylic oxidation sites excluding steroid dienone is 14. The minimum Gasteiger partial charge on any atom is -0.462 e. The molecule has 0 N–H and O–H groups in total. The zero-order valence-electron chi connectivity index (χ0n) is 42.5. The Morgan fingerprint density at radius 1 is 0.323 bits per heavy atom. The second-order valence-corrected chi connectivity index (χ2v) is 17.8. The Labute approximate surface area is 401 Å². The number of ether oxygens (including phenoxy) is 3. The molecule has 0 aromatic heterocycles. The van der Waals surface area contributed by atoms with Crippen molar-refractivity contribution in [1.82, 2.24) is 0 Å². The van der Waals surface area contributed by atoms with E-state index in [4.69, 9.17) is 14.2 Å². The van der Waals surface area contributed by atoms with Crippen LogP contribution in [0, 0.1) is 0 Å². The lowest BCUT2D eigenvalue weighted by molar-refractivity contribution is -0.167. The van der Waals surface area contributed by atoms with Crippen molar-refractivity contribution in [3.63, 3.8) is 0 Å². The van der Waals surface area contributed by atoms with Gasteiger partial charge in [-0.2, -0.15) is 0 Å². The van der Waals surface area contributed by atoms with Crippen molar-refractivity contribution in [2.24, 2.45) is 0 Å². The molecule has 0 aliphatic rings. The summed E-state index contributed by atoms with van der Waals surface area (Å²) in [5.74, 6) is -0.920. The number of hydrogen-bond acceptors (Lipinski definition) is 6. The van der Waals surface area contributed by atoms with E-state index in [0.29, 0.717) is 19.3 Å². The van der Waals surface area contributed by atoms with Gasteiger partial charge in [0.15, 0.2) is 6.10 Å². The molecule has 0 rings (SSSR count). The fourth-order valence-electron chi connectivity index (χ4n) is 7.36. The predicted octanol–water partition coefficient (Wildman–Crippen LogP) is 18.0. The largest absolute Gasteiger partial charge is 0.462 e. The lowest BCUT2D eigenvalue weighted by Gasteiger charge is -2.18. The van der Waals surface area contributed by atoms with Gasteiger partial charge in [-0.1, -0.05) is 241 Å². The van der Waals surface area contributed by atoms with Crippen LogP contribution in [-0.2, 0) is 28.6 Å². The third kappa shape index (κ3) is 51.4. The van der Waals surface area contributed by atoms with Gasteiger partial charge in [0, 0.05) is 19.3 Å². The zero-order chi connectivity index (χ0) is 47.2. The second-order valence-electron chi connectivity index (χ2n) is 17.8. The van der Waals surface area contributed by atoms with E-state index in [1.54, 1.807) is 0 Å². The minimum absolute atomic E-state index is 0.0848. The Bertz CT molecular complexity index is 1270. The molecule has 0 fully saturated rings. The molecule has 6 nitrogen and oxygen atoms in total. The van der Waals surface area contributed by atoms with Crippen LogP contribution in [0.25, 0.3) is 0 Å². The van der Waals surface area contributed by atoms with Gasteiger partial charge in [0.25, 0.3) is 0 Å². The fraction of sp³-hybridized carbons (Fsp3) is 0.712. The summed E-state index contributed by atoms with van der Waals surface area (Å²) in [6, 6.07) is 0. The molecule has 0 aromatic carbocycles. The van der Waals surface area contributed by atoms with Crippen molar-refractivity contribution < 1.29 is 28.6 Å². The van der Waals surface area contributed by atoms with E-state index < -0.39 is 6.10 Å². The van der Waals surface area contributed by atoms with Crippen molar-refractivity contribution in [1.29, 1.82) is 0 Å². The molecule has 0 aliphatic carbocycles. The fourth-order valence-corrected chi connectivity index (χ4v) is 7.36. The van der Waals surface area contributed by atoms with Crippen LogP contribution in [-0.4, -0.2) is 37.2 Å². The lowest BCUT2D eigenvalue weighted by Crippen LogP contribution is -2.30. The van der Waals surface area contributed by atoms with Gasteiger partial charge in [0.1, 0.15) is 13.2 Å². The number of rotatable bonds is 48. The SMILES string of the molecule is CC/C=C\C/C=C\C/C=C\C/C=C\C/C=C\C/C=C\C/C=C\CCCCCC(=O)OCC(COC(=O)CCCCCCCCCC)OC(=O)CCCCCCCCCCCCCCCC. The molecule has 0 radical (unpaired) electrons. The first kappa shape index (κ1) is 61.6. The maximum absolute atomic E-state index is 12.8. The summed E-state index contributed by atoms with van der Waals surface area (Å²) in [5.41, 5.74) is 0. The van der Waals surface area contributed by atoms with Gasteiger partial charge in [-0.15, -0.1) is 0 Å². The quantitative estimate of drug-likeness (QED) is 0.0262. The van der Waals surface area contributed by atoms with Crippen LogP contribution in [0.2, 0.25) is 0 Å². The molecule has 0 bridgehead atoms. The average Bonchev–Trinajstić information content (AvgIpc) is 3.30. The number of hydrogen-bond donors (Lipinski definition) is 0. The molecular weight excluding hydrogens is 805 g/mol. The Hall–Kier alpha value is -3.41. The summed E-state index contributed by atoms with van der Waals surface area (Å²) in [6.45, 7) is 6.47. The van der Waals surface area contributed by atoms with Gasteiger partial charge in [-0.25, -0.2) is 0 Å². The smallest absolute Gasteiger partial charge is 0.306 e. The summed E-state index contributed by atoms with van der Waals surface area (Å²) in [5, 5.41) is 0. The van der Waals surface area contributed by atoms with E-state index >= 15 is 0 Å². The molecule has 0 aromatic rings. The standard InChI is InChI=1S/C59H100O6/c1-4-7-10-13-16-19-21-23-25-26-27-28-29-30-31-32-33-34-35-37-38-40-43-46-49-52-58(61)64-55-56(54-63-57(60)51-48-45-42-18-15-12-9-6-3)65-59(62)53-50-47-44-41-39-36-24-22-20-17-14-11-8-5-2/h7,10,16,19,23,25,27-28,30-31,33-34,37-38,56H,4-6,8-9,11-15,17-18,20-22,24,26,29,32,35-36,39-55H2,1-3H3/b10-7-,19-16-,25-23-,28-27-,31-30-,34-33-,38-37-. The highest BCUT2D eigenvalue weighted by molar-refractivity contribution is 5.71. The van der Waals surface area contributed by atoms with Crippen LogP contribution in [0.15, 0.2) is 85.1 Å². The van der Waals surface area contributed by atoms with Gasteiger partial charge in [-0.3, -0.25) is 14.4 Å². The Morgan fingerprint density at radius 2 is 0.600 bits per heavy atom. The van der Waals surface area contributed by atoms with Crippen LogP contribution in [0.1, 0.15) is 252 Å². The molecule has 0 spiro atoms. The first-order valence-electron chi connectivity index (χ1n) is 27.1. The summed E-state index contributed by atoms with van der Waals surface area (Å²) in [7, 11) is 0. The number of carbonyl (C=O) groups excluding carboxylic acids is 3. The maximum atomic E-state index is 12.8. The molecule has 0 amide bonds. The molecule has 0 aliphatic heterocycles. The van der Waals surface area contributed by atoms with Crippen LogP contribution in [0.5, 0.6) is 0 Å². The molecule has 0 saturated heterocycles. The van der Waals surface area contributed by atoms with Crippen LogP contribution in [0.3, 0.4) is 0 Å². The topological polar surface area (TPSA) is 78.9 Å². The van der Waals surface area contributed by atoms with E-state index in [-0.39, 0.29) is 31.1 Å². The van der Waals surface area contributed by atoms with E-state index in [2.05, 4.69) is 106 Å². The maximum Gasteiger partial charge on any atom is 0.306 e. The Kier molecular flexibility index (Phi) is 50.4. The van der Waals surface area contributed by atoms with Gasteiger partial charge < -0.3 is 14.2 Å². The normalized spacial score (nSPS) is 12.7. The average molecular weight is 905 g/mol. The number of unbranched alkanes of at least 4 members (excludes halogenated alkanes) is 23. The Morgan fingerprint density at radius 3 is 0.938 bits per heavy atom. The summed E-state index contributed by atoms with van der Waals surface area (Å²) in [6.07, 6.45) is 68.7. The van der Waals surface area contributed by atoms with E-state index in [1.165, 1.54) is 103 Å². The van der Waals surface area contributed by atoms with Crippen molar-refractivity contribution in [3.05, 3.63) is 85.1 Å². The van der Waals surface area contributed by atoms with Gasteiger partial charge in [0.05, 0.1) is 0 Å². The van der Waals surface area contributed by atoms with Crippen molar-refractivity contribution in [2.45, 2.75) is 258 Å². The van der Waals surface area contributed by atoms with Crippen LogP contribution in [0.4, 0.5) is 0 Å². The molecule has 1 unspecified atom stereocenters. The minimum atomic E-state index is -0.785. The Balaban J connectivity index is 4.31. The van der Waals surface area contributed by atoms with Gasteiger partial charge >= 0.3 is 17.9 Å². The van der Waals surface area contributed by atoms with E-state index in [0.717, 1.165) is 109 Å². The highest BCUT2D eigenvalue weighted by atomic mass is 16.6. The van der Waals surface area contributed by atoms with E-state index in [9.17, 15) is 14.4 Å². The first-order chi connectivity index (χ1) is 32.0. The van der Waals surface area contributed by atoms with Gasteiger partial charge in [0.2, 0.25) is 0 Å². The summed E-state index contributed by atoms with van der Waals surface area (Å²) >= 11 is 0. The van der Waals surface area contributed by atoms with Crippen molar-refractivity contribution in [2.75, 3.05) is 13.2 Å². The molecule has 0 heterocycles. The highest BCUT2D eigenvalue weighted by Crippen LogP contribution is 2.15. The predicted molar refractivity (Wildman–Crippen MR) is 279 cm³/mol. The van der Waals surface area contributed by atoms with Crippen molar-refractivity contribution in [3.8, 4) is 0 Å². The molecule has 1 atom stereocenters. The van der Waals surface area contributed by atoms with E-state index in [1.807, 2.05) is 0 Å². The van der Waals surface area contributed by atoms with Gasteiger partial charge in [-0.05, 0) is 77.0 Å². The molecule has 0 saturated carbocycles. The highest BCUT2D eigenvalue weighted by Gasteiger charge is 2.19. The summed E-state index contributed by atoms with van der Waals surface area (Å²) in [4.78, 5) is 37.9. The number of carbonyl (C=O) groups is 3. The van der Waals surface area contributed by atoms with Crippen LogP contribution >= 0.6 is 0 Å². The van der Waals surface area contributed by atoms with Crippen LogP contribution < -0.4 is 0 Å². The number of esters is 3. The molecule has 6 heteroatoms. The summed E-state index contributed by atoms with van der Waals surface area (Å²) < 4.78 is 16.7. The molecular formula is C59H100O6. The van der Waals surface area contributed by atoms with Crippen molar-refractivity contribution >= 4 is 17.9 Å². The monoisotopic (exact) mass is 905 g/mol. The molecule has 65 heavy (non-hydrogen) atoms. The zero-order valence-corrected chi connectivity index (χ0v) is 42.5. The third-order valence-corrected chi connectivity index (χ3v) is 11.4.